The van der Waals surface area contributed by atoms with Crippen LogP contribution in [0.25, 0.3) is 0 Å². The van der Waals surface area contributed by atoms with Crippen molar-refractivity contribution in [3.8, 4) is 5.75 Å². The molecule has 0 bridgehead atoms. The molecule has 0 spiro atoms. The number of para-hydroxylation sites is 1. The van der Waals surface area contributed by atoms with Gasteiger partial charge in [-0.1, -0.05) is 30.4 Å². The predicted octanol–water partition coefficient (Wildman–Crippen LogP) is 2.65. The van der Waals surface area contributed by atoms with Crippen LogP contribution in [-0.2, 0) is 11.2 Å². The van der Waals surface area contributed by atoms with Gasteiger partial charge in [0.1, 0.15) is 5.01 Å². The number of halogens is 1. The summed E-state index contributed by atoms with van der Waals surface area (Å²) in [5.41, 5.74) is 0. The highest BCUT2D eigenvalue weighted by molar-refractivity contribution is 7.15. The lowest BCUT2D eigenvalue weighted by Crippen LogP contribution is -2.20. The van der Waals surface area contributed by atoms with E-state index in [1.165, 1.54) is 23.5 Å². The van der Waals surface area contributed by atoms with Crippen LogP contribution < -0.4 is 10.1 Å². The maximum Gasteiger partial charge on any atom is 0.264 e. The molecular weight excluding hydrogens is 281 g/mol. The van der Waals surface area contributed by atoms with E-state index in [4.69, 9.17) is 4.74 Å². The van der Waals surface area contributed by atoms with Crippen LogP contribution in [0.1, 0.15) is 18.4 Å². The van der Waals surface area contributed by atoms with E-state index in [0.29, 0.717) is 5.13 Å². The highest BCUT2D eigenvalue weighted by atomic mass is 32.1. The van der Waals surface area contributed by atoms with E-state index in [1.54, 1.807) is 12.1 Å². The second-order valence-electron chi connectivity index (χ2n) is 4.02. The van der Waals surface area contributed by atoms with Gasteiger partial charge in [0, 0.05) is 6.42 Å². The summed E-state index contributed by atoms with van der Waals surface area (Å²) in [4.78, 5) is 11.6. The number of carbonyl (C=O) groups is 1. The van der Waals surface area contributed by atoms with Gasteiger partial charge in [0.15, 0.2) is 18.2 Å². The SMILES string of the molecule is CCCc1nnc(NC(=O)COc2ccccc2F)s1. The molecule has 0 aliphatic heterocycles. The summed E-state index contributed by atoms with van der Waals surface area (Å²) in [6, 6.07) is 5.93. The zero-order valence-electron chi connectivity index (χ0n) is 10.9. The van der Waals surface area contributed by atoms with Gasteiger partial charge in [-0.05, 0) is 18.6 Å². The minimum absolute atomic E-state index is 0.0478. The Balaban J connectivity index is 1.84. The normalized spacial score (nSPS) is 10.3. The average Bonchev–Trinajstić information content (AvgIpc) is 2.85. The molecule has 0 atom stereocenters. The Morgan fingerprint density at radius 3 is 2.95 bits per heavy atom. The van der Waals surface area contributed by atoms with E-state index in [1.807, 2.05) is 6.92 Å². The number of benzene rings is 1. The van der Waals surface area contributed by atoms with Gasteiger partial charge in [-0.25, -0.2) is 4.39 Å². The molecule has 1 aromatic carbocycles. The highest BCUT2D eigenvalue weighted by Crippen LogP contribution is 2.17. The van der Waals surface area contributed by atoms with Crippen molar-refractivity contribution in [3.63, 3.8) is 0 Å². The number of ether oxygens (including phenoxy) is 1. The van der Waals surface area contributed by atoms with Crippen molar-refractivity contribution in [1.82, 2.24) is 10.2 Å². The molecule has 2 rings (SSSR count). The summed E-state index contributed by atoms with van der Waals surface area (Å²) in [5.74, 6) is -0.847. The predicted molar refractivity (Wildman–Crippen MR) is 74.4 cm³/mol. The largest absolute Gasteiger partial charge is 0.481 e. The molecule has 1 heterocycles. The molecule has 2 aromatic rings. The minimum Gasteiger partial charge on any atom is -0.481 e. The molecule has 0 radical (unpaired) electrons. The first kappa shape index (κ1) is 14.4. The molecule has 7 heteroatoms. The summed E-state index contributed by atoms with van der Waals surface area (Å²) in [6.45, 7) is 1.77. The van der Waals surface area contributed by atoms with Gasteiger partial charge >= 0.3 is 0 Å². The molecule has 1 amide bonds. The third kappa shape index (κ3) is 3.99. The Hall–Kier alpha value is -2.02. The van der Waals surface area contributed by atoms with Crippen molar-refractivity contribution in [2.75, 3.05) is 11.9 Å². The summed E-state index contributed by atoms with van der Waals surface area (Å²) in [7, 11) is 0. The zero-order chi connectivity index (χ0) is 14.4. The van der Waals surface area contributed by atoms with Gasteiger partial charge in [-0.3, -0.25) is 10.1 Å². The van der Waals surface area contributed by atoms with Crippen molar-refractivity contribution in [2.45, 2.75) is 19.8 Å². The minimum atomic E-state index is -0.499. The molecule has 0 fully saturated rings. The van der Waals surface area contributed by atoms with Gasteiger partial charge in [0.2, 0.25) is 5.13 Å². The average molecular weight is 295 g/mol. The second kappa shape index (κ2) is 6.95. The highest BCUT2D eigenvalue weighted by Gasteiger charge is 2.09. The van der Waals surface area contributed by atoms with Crippen LogP contribution in [-0.4, -0.2) is 22.7 Å². The molecule has 0 unspecified atom stereocenters. The molecule has 106 valence electrons. The Kier molecular flexibility index (Phi) is 5.00. The fourth-order valence-corrected chi connectivity index (χ4v) is 2.34. The van der Waals surface area contributed by atoms with E-state index in [9.17, 15) is 9.18 Å². The smallest absolute Gasteiger partial charge is 0.264 e. The Morgan fingerprint density at radius 1 is 1.40 bits per heavy atom. The van der Waals surface area contributed by atoms with E-state index < -0.39 is 11.7 Å². The number of rotatable bonds is 6. The fraction of sp³-hybridized carbons (Fsp3) is 0.308. The number of aromatic nitrogens is 2. The van der Waals surface area contributed by atoms with Crippen molar-refractivity contribution in [2.24, 2.45) is 0 Å². The summed E-state index contributed by atoms with van der Waals surface area (Å²) in [5, 5.41) is 11.7. The van der Waals surface area contributed by atoms with E-state index in [-0.39, 0.29) is 12.4 Å². The van der Waals surface area contributed by atoms with Crippen LogP contribution in [0, 0.1) is 5.82 Å². The molecule has 0 aliphatic rings. The Bertz CT molecular complexity index is 589. The third-order valence-corrected chi connectivity index (χ3v) is 3.27. The maximum absolute atomic E-state index is 13.3. The van der Waals surface area contributed by atoms with Crippen LogP contribution in [0.15, 0.2) is 24.3 Å². The van der Waals surface area contributed by atoms with Gasteiger partial charge < -0.3 is 4.74 Å². The quantitative estimate of drug-likeness (QED) is 0.890. The number of nitrogens with one attached hydrogen (secondary N) is 1. The second-order valence-corrected chi connectivity index (χ2v) is 5.08. The summed E-state index contributed by atoms with van der Waals surface area (Å²) < 4.78 is 18.4. The monoisotopic (exact) mass is 295 g/mol. The zero-order valence-corrected chi connectivity index (χ0v) is 11.7. The molecule has 1 aromatic heterocycles. The lowest BCUT2D eigenvalue weighted by atomic mass is 10.3. The Morgan fingerprint density at radius 2 is 2.20 bits per heavy atom. The number of hydrogen-bond donors (Lipinski definition) is 1. The first-order chi connectivity index (χ1) is 9.69. The number of nitrogens with zero attached hydrogens (tertiary/aromatic N) is 2. The molecule has 20 heavy (non-hydrogen) atoms. The van der Waals surface area contributed by atoms with E-state index >= 15 is 0 Å². The van der Waals surface area contributed by atoms with Crippen LogP contribution in [0.4, 0.5) is 9.52 Å². The van der Waals surface area contributed by atoms with Crippen molar-refractivity contribution >= 4 is 22.4 Å². The third-order valence-electron chi connectivity index (χ3n) is 2.37. The van der Waals surface area contributed by atoms with Crippen LogP contribution >= 0.6 is 11.3 Å². The molecule has 0 saturated heterocycles. The number of anilines is 1. The van der Waals surface area contributed by atoms with Crippen LogP contribution in [0.5, 0.6) is 5.75 Å². The van der Waals surface area contributed by atoms with Gasteiger partial charge in [0.25, 0.3) is 5.91 Å². The van der Waals surface area contributed by atoms with Gasteiger partial charge in [0.05, 0.1) is 0 Å². The number of aryl methyl sites for hydroxylation is 1. The van der Waals surface area contributed by atoms with Gasteiger partial charge in [-0.2, -0.15) is 0 Å². The Labute approximate surface area is 119 Å². The van der Waals surface area contributed by atoms with E-state index in [2.05, 4.69) is 15.5 Å². The number of carbonyl (C=O) groups excluding carboxylic acids is 1. The standard InChI is InChI=1S/C13H14FN3O2S/c1-2-5-12-16-17-13(20-12)15-11(18)8-19-10-7-4-3-6-9(10)14/h3-4,6-7H,2,5,8H2,1H3,(H,15,17,18). The van der Waals surface area contributed by atoms with Crippen LogP contribution in [0.3, 0.4) is 0 Å². The lowest BCUT2D eigenvalue weighted by molar-refractivity contribution is -0.118. The van der Waals surface area contributed by atoms with Crippen molar-refractivity contribution < 1.29 is 13.9 Å². The van der Waals surface area contributed by atoms with Gasteiger partial charge in [-0.15, -0.1) is 10.2 Å². The first-order valence-electron chi connectivity index (χ1n) is 6.18. The summed E-state index contributed by atoms with van der Waals surface area (Å²) in [6.07, 6.45) is 1.80. The molecule has 0 aliphatic carbocycles. The lowest BCUT2D eigenvalue weighted by Gasteiger charge is -2.05. The van der Waals surface area contributed by atoms with E-state index in [0.717, 1.165) is 17.8 Å². The molecule has 5 nitrogen and oxygen atoms in total. The fourth-order valence-electron chi connectivity index (χ4n) is 1.48. The molecular formula is C13H14FN3O2S. The number of amides is 1. The number of hydrogen-bond acceptors (Lipinski definition) is 5. The topological polar surface area (TPSA) is 64.1 Å². The molecule has 1 N–H and O–H groups in total. The first-order valence-corrected chi connectivity index (χ1v) is 7.00. The van der Waals surface area contributed by atoms with Crippen LogP contribution in [0.2, 0.25) is 0 Å². The summed E-state index contributed by atoms with van der Waals surface area (Å²) >= 11 is 1.33. The van der Waals surface area contributed by atoms with Crippen molar-refractivity contribution in [3.05, 3.63) is 35.1 Å². The maximum atomic E-state index is 13.3. The van der Waals surface area contributed by atoms with Crippen molar-refractivity contribution in [1.29, 1.82) is 0 Å². The molecule has 0 saturated carbocycles.